The fraction of sp³-hybridized carbons (Fsp3) is 0.250. The minimum Gasteiger partial charge on any atom is -0.460 e. The number of rotatable bonds is 3. The third-order valence-corrected chi connectivity index (χ3v) is 2.39. The molecule has 0 aliphatic rings. The van der Waals surface area contributed by atoms with Crippen LogP contribution in [0.4, 0.5) is 4.39 Å². The highest BCUT2D eigenvalue weighted by Gasteiger charge is 2.15. The van der Waals surface area contributed by atoms with E-state index in [-0.39, 0.29) is 24.1 Å². The molecular weight excluding hydrogens is 237 g/mol. The second kappa shape index (κ2) is 4.95. The highest BCUT2D eigenvalue weighted by molar-refractivity contribution is 5.85. The van der Waals surface area contributed by atoms with E-state index >= 15 is 0 Å². The summed E-state index contributed by atoms with van der Waals surface area (Å²) in [6, 6.07) is 4.32. The smallest absolute Gasteiger partial charge is 0.375 e. The Balaban J connectivity index is 2.35. The fourth-order valence-corrected chi connectivity index (χ4v) is 1.51. The van der Waals surface area contributed by atoms with Gasteiger partial charge in [0, 0.05) is 5.56 Å². The summed E-state index contributed by atoms with van der Waals surface area (Å²) in [6.45, 7) is 3.77. The van der Waals surface area contributed by atoms with Crippen LogP contribution in [0.5, 0.6) is 0 Å². The van der Waals surface area contributed by atoms with Crippen molar-refractivity contribution < 1.29 is 13.9 Å². The second-order valence-corrected chi connectivity index (χ2v) is 3.69. The number of H-pyrrole nitrogens is 1. The lowest BCUT2D eigenvalue weighted by Crippen LogP contribution is -2.06. The molecule has 0 aliphatic carbocycles. The highest BCUT2D eigenvalue weighted by Crippen LogP contribution is 2.20. The average Bonchev–Trinajstić information content (AvgIpc) is 2.82. The number of aromatic nitrogens is 3. The first-order valence-corrected chi connectivity index (χ1v) is 5.48. The quantitative estimate of drug-likeness (QED) is 0.846. The third kappa shape index (κ3) is 2.37. The number of benzene rings is 1. The first-order valence-electron chi connectivity index (χ1n) is 5.48. The Hall–Kier alpha value is -2.24. The van der Waals surface area contributed by atoms with Gasteiger partial charge >= 0.3 is 5.97 Å². The topological polar surface area (TPSA) is 67.9 Å². The monoisotopic (exact) mass is 249 g/mol. The molecule has 0 bridgehead atoms. The largest absolute Gasteiger partial charge is 0.460 e. The lowest BCUT2D eigenvalue weighted by molar-refractivity contribution is 0.0512. The fourth-order valence-electron chi connectivity index (χ4n) is 1.51. The van der Waals surface area contributed by atoms with Gasteiger partial charge in [-0.25, -0.2) is 14.2 Å². The Morgan fingerprint density at radius 3 is 3.00 bits per heavy atom. The van der Waals surface area contributed by atoms with E-state index in [1.54, 1.807) is 13.0 Å². The molecule has 0 radical (unpaired) electrons. The highest BCUT2D eigenvalue weighted by atomic mass is 19.1. The molecule has 1 heterocycles. The van der Waals surface area contributed by atoms with Gasteiger partial charge in [-0.05, 0) is 31.5 Å². The van der Waals surface area contributed by atoms with Crippen LogP contribution in [0, 0.1) is 12.7 Å². The van der Waals surface area contributed by atoms with Gasteiger partial charge < -0.3 is 4.74 Å². The number of halogens is 1. The van der Waals surface area contributed by atoms with Crippen LogP contribution in [0.1, 0.15) is 23.1 Å². The lowest BCUT2D eigenvalue weighted by Gasteiger charge is -2.00. The van der Waals surface area contributed by atoms with E-state index in [9.17, 15) is 9.18 Å². The molecule has 5 nitrogen and oxygen atoms in total. The molecule has 1 aromatic carbocycles. The van der Waals surface area contributed by atoms with E-state index in [4.69, 9.17) is 4.74 Å². The SMILES string of the molecule is CCOC(=O)c1nc(-c2cc(F)ccc2C)n[nH]1. The lowest BCUT2D eigenvalue weighted by atomic mass is 10.1. The van der Waals surface area contributed by atoms with Gasteiger partial charge in [-0.3, -0.25) is 5.10 Å². The second-order valence-electron chi connectivity index (χ2n) is 3.69. The average molecular weight is 249 g/mol. The van der Waals surface area contributed by atoms with Gasteiger partial charge in [-0.1, -0.05) is 6.07 Å². The normalized spacial score (nSPS) is 10.4. The van der Waals surface area contributed by atoms with Gasteiger partial charge in [0.25, 0.3) is 0 Å². The minimum absolute atomic E-state index is 0.00973. The van der Waals surface area contributed by atoms with Crippen LogP contribution in [-0.2, 0) is 4.74 Å². The molecule has 1 N–H and O–H groups in total. The molecule has 18 heavy (non-hydrogen) atoms. The number of ether oxygens (including phenoxy) is 1. The number of aromatic amines is 1. The van der Waals surface area contributed by atoms with E-state index in [1.165, 1.54) is 12.1 Å². The summed E-state index contributed by atoms with van der Waals surface area (Å²) >= 11 is 0. The molecule has 6 heteroatoms. The first kappa shape index (κ1) is 12.2. The standard InChI is InChI=1S/C12H12FN3O2/c1-3-18-12(17)11-14-10(15-16-11)9-6-8(13)5-4-7(9)2/h4-6H,3H2,1-2H3,(H,14,15,16). The van der Waals surface area contributed by atoms with Crippen LogP contribution in [0.2, 0.25) is 0 Å². The van der Waals surface area contributed by atoms with Crippen molar-refractivity contribution in [3.63, 3.8) is 0 Å². The number of hydrogen-bond donors (Lipinski definition) is 1. The molecular formula is C12H12FN3O2. The van der Waals surface area contributed by atoms with Gasteiger partial charge in [0.05, 0.1) is 6.61 Å². The number of hydrogen-bond acceptors (Lipinski definition) is 4. The van der Waals surface area contributed by atoms with E-state index in [0.717, 1.165) is 5.56 Å². The number of carbonyl (C=O) groups excluding carboxylic acids is 1. The molecule has 0 fully saturated rings. The van der Waals surface area contributed by atoms with Crippen LogP contribution in [0.15, 0.2) is 18.2 Å². The van der Waals surface area contributed by atoms with Crippen molar-refractivity contribution in [2.75, 3.05) is 6.61 Å². The van der Waals surface area contributed by atoms with Crippen molar-refractivity contribution in [3.8, 4) is 11.4 Å². The van der Waals surface area contributed by atoms with Crippen LogP contribution in [-0.4, -0.2) is 27.8 Å². The zero-order chi connectivity index (χ0) is 13.1. The molecule has 2 aromatic rings. The van der Waals surface area contributed by atoms with E-state index in [2.05, 4.69) is 15.2 Å². The zero-order valence-corrected chi connectivity index (χ0v) is 10.0. The molecule has 0 amide bonds. The third-order valence-electron chi connectivity index (χ3n) is 2.39. The summed E-state index contributed by atoms with van der Waals surface area (Å²) in [7, 11) is 0. The molecule has 0 spiro atoms. The minimum atomic E-state index is -0.578. The van der Waals surface area contributed by atoms with Crippen molar-refractivity contribution in [1.82, 2.24) is 15.2 Å². The summed E-state index contributed by atoms with van der Waals surface area (Å²) in [5.41, 5.74) is 1.37. The van der Waals surface area contributed by atoms with Gasteiger partial charge in [0.2, 0.25) is 5.82 Å². The Labute approximate surface area is 103 Å². The van der Waals surface area contributed by atoms with Crippen molar-refractivity contribution in [2.24, 2.45) is 0 Å². The number of carbonyl (C=O) groups is 1. The van der Waals surface area contributed by atoms with Crippen molar-refractivity contribution >= 4 is 5.97 Å². The molecule has 0 saturated heterocycles. The summed E-state index contributed by atoms with van der Waals surface area (Å²) in [5, 5.41) is 6.37. The van der Waals surface area contributed by atoms with Gasteiger partial charge in [-0.2, -0.15) is 5.10 Å². The maximum absolute atomic E-state index is 13.2. The Bertz CT molecular complexity index is 580. The van der Waals surface area contributed by atoms with Crippen molar-refractivity contribution in [2.45, 2.75) is 13.8 Å². The predicted molar refractivity (Wildman–Crippen MR) is 62.5 cm³/mol. The van der Waals surface area contributed by atoms with Gasteiger partial charge in [0.15, 0.2) is 5.82 Å². The molecule has 0 saturated carbocycles. The Kier molecular flexibility index (Phi) is 3.36. The maximum atomic E-state index is 13.2. The number of aryl methyl sites for hydroxylation is 1. The number of nitrogens with zero attached hydrogens (tertiary/aromatic N) is 2. The molecule has 0 unspecified atom stereocenters. The van der Waals surface area contributed by atoms with Crippen molar-refractivity contribution in [3.05, 3.63) is 35.4 Å². The van der Waals surface area contributed by atoms with Crippen LogP contribution < -0.4 is 0 Å². The molecule has 94 valence electrons. The molecule has 0 atom stereocenters. The van der Waals surface area contributed by atoms with Crippen LogP contribution in [0.3, 0.4) is 0 Å². The van der Waals surface area contributed by atoms with Crippen LogP contribution >= 0.6 is 0 Å². The van der Waals surface area contributed by atoms with E-state index < -0.39 is 5.97 Å². The summed E-state index contributed by atoms with van der Waals surface area (Å²) in [6.07, 6.45) is 0. The van der Waals surface area contributed by atoms with E-state index in [1.807, 2.05) is 6.92 Å². The Morgan fingerprint density at radius 2 is 2.28 bits per heavy atom. The van der Waals surface area contributed by atoms with Crippen molar-refractivity contribution in [1.29, 1.82) is 0 Å². The molecule has 1 aromatic heterocycles. The predicted octanol–water partition coefficient (Wildman–Crippen LogP) is 2.10. The number of nitrogens with one attached hydrogen (secondary N) is 1. The molecule has 2 rings (SSSR count). The zero-order valence-electron chi connectivity index (χ0n) is 10.0. The summed E-state index contributed by atoms with van der Waals surface area (Å²) in [5.74, 6) is -0.672. The maximum Gasteiger partial charge on any atom is 0.375 e. The van der Waals surface area contributed by atoms with Gasteiger partial charge in [0.1, 0.15) is 5.82 Å². The van der Waals surface area contributed by atoms with Gasteiger partial charge in [-0.15, -0.1) is 0 Å². The van der Waals surface area contributed by atoms with E-state index in [0.29, 0.717) is 5.56 Å². The number of esters is 1. The van der Waals surface area contributed by atoms with Crippen LogP contribution in [0.25, 0.3) is 11.4 Å². The first-order chi connectivity index (χ1) is 8.61. The summed E-state index contributed by atoms with van der Waals surface area (Å²) < 4.78 is 17.9. The summed E-state index contributed by atoms with van der Waals surface area (Å²) in [4.78, 5) is 15.4. The molecule has 0 aliphatic heterocycles. The Morgan fingerprint density at radius 1 is 1.50 bits per heavy atom.